The molecule has 1 aliphatic rings. The Balaban J connectivity index is 2.14. The summed E-state index contributed by atoms with van der Waals surface area (Å²) in [7, 11) is 0. The van der Waals surface area contributed by atoms with Crippen LogP contribution in [-0.4, -0.2) is 27.3 Å². The van der Waals surface area contributed by atoms with Gasteiger partial charge in [-0.15, -0.1) is 10.2 Å². The van der Waals surface area contributed by atoms with Crippen LogP contribution < -0.4 is 0 Å². The van der Waals surface area contributed by atoms with Gasteiger partial charge < -0.3 is 9.30 Å². The minimum atomic E-state index is -0.373. The maximum Gasteiger partial charge on any atom is 0.376 e. The van der Waals surface area contributed by atoms with Gasteiger partial charge in [0.25, 0.3) is 0 Å². The summed E-state index contributed by atoms with van der Waals surface area (Å²) >= 11 is 0. The second kappa shape index (κ2) is 4.63. The van der Waals surface area contributed by atoms with Gasteiger partial charge in [0.15, 0.2) is 0 Å². The van der Waals surface area contributed by atoms with Crippen molar-refractivity contribution in [3.05, 3.63) is 11.6 Å². The predicted octanol–water partition coefficient (Wildman–Crippen LogP) is 1.56. The highest BCUT2D eigenvalue weighted by molar-refractivity contribution is 5.85. The van der Waals surface area contributed by atoms with Gasteiger partial charge in [-0.3, -0.25) is 0 Å². The predicted molar refractivity (Wildman–Crippen MR) is 58.1 cm³/mol. The average molecular weight is 223 g/mol. The van der Waals surface area contributed by atoms with Gasteiger partial charge >= 0.3 is 5.97 Å². The molecular weight excluding hydrogens is 206 g/mol. The Labute approximate surface area is 94.8 Å². The first-order valence-corrected chi connectivity index (χ1v) is 5.79. The van der Waals surface area contributed by atoms with Crippen LogP contribution in [0.1, 0.15) is 42.6 Å². The van der Waals surface area contributed by atoms with E-state index in [0.717, 1.165) is 12.4 Å². The van der Waals surface area contributed by atoms with Gasteiger partial charge in [0.2, 0.25) is 5.82 Å². The normalized spacial score (nSPS) is 15.9. The number of rotatable bonds is 4. The molecule has 16 heavy (non-hydrogen) atoms. The Morgan fingerprint density at radius 1 is 1.50 bits per heavy atom. The molecule has 2 rings (SSSR count). The zero-order valence-electron chi connectivity index (χ0n) is 9.77. The van der Waals surface area contributed by atoms with Gasteiger partial charge in [-0.2, -0.15) is 0 Å². The topological polar surface area (TPSA) is 57.0 Å². The molecule has 0 radical (unpaired) electrons. The lowest BCUT2D eigenvalue weighted by atomic mass is 9.85. The van der Waals surface area contributed by atoms with E-state index in [0.29, 0.717) is 18.3 Å². The lowest BCUT2D eigenvalue weighted by Crippen LogP contribution is -2.22. The largest absolute Gasteiger partial charge is 0.460 e. The molecule has 5 nitrogen and oxygen atoms in total. The highest BCUT2D eigenvalue weighted by atomic mass is 16.5. The first-order chi connectivity index (χ1) is 7.72. The molecule has 5 heteroatoms. The molecule has 0 atom stereocenters. The Bertz CT molecular complexity index is 383. The number of ether oxygens (including phenoxy) is 1. The molecule has 1 heterocycles. The van der Waals surface area contributed by atoms with Crippen molar-refractivity contribution in [3.63, 3.8) is 0 Å². The number of esters is 1. The van der Waals surface area contributed by atoms with E-state index in [1.165, 1.54) is 19.3 Å². The van der Waals surface area contributed by atoms with Crippen LogP contribution in [0.5, 0.6) is 0 Å². The monoisotopic (exact) mass is 223 g/mol. The fourth-order valence-electron chi connectivity index (χ4n) is 1.88. The Hall–Kier alpha value is -1.39. The van der Waals surface area contributed by atoms with Gasteiger partial charge in [0.05, 0.1) is 6.61 Å². The SMILES string of the molecule is CCOC(=O)c1nnc(C)n1CC1CCC1. The molecular formula is C11H17N3O2. The molecule has 0 amide bonds. The van der Waals surface area contributed by atoms with E-state index in [1.807, 2.05) is 11.5 Å². The van der Waals surface area contributed by atoms with Crippen LogP contribution >= 0.6 is 0 Å². The van der Waals surface area contributed by atoms with Crippen LogP contribution in [0.15, 0.2) is 0 Å². The zero-order valence-corrected chi connectivity index (χ0v) is 9.77. The van der Waals surface area contributed by atoms with E-state index in [2.05, 4.69) is 10.2 Å². The number of hydrogen-bond donors (Lipinski definition) is 0. The van der Waals surface area contributed by atoms with E-state index < -0.39 is 0 Å². The van der Waals surface area contributed by atoms with Crippen LogP contribution in [0.4, 0.5) is 0 Å². The van der Waals surface area contributed by atoms with Crippen molar-refractivity contribution >= 4 is 5.97 Å². The third-order valence-electron chi connectivity index (χ3n) is 3.06. The number of carbonyl (C=O) groups is 1. The molecule has 0 unspecified atom stereocenters. The van der Waals surface area contributed by atoms with E-state index in [1.54, 1.807) is 6.92 Å². The molecule has 0 spiro atoms. The summed E-state index contributed by atoms with van der Waals surface area (Å²) in [6.07, 6.45) is 3.76. The molecule has 0 bridgehead atoms. The number of aryl methyl sites for hydroxylation is 1. The molecule has 1 aliphatic carbocycles. The Morgan fingerprint density at radius 2 is 2.25 bits per heavy atom. The van der Waals surface area contributed by atoms with Crippen LogP contribution in [0.3, 0.4) is 0 Å². The molecule has 0 aromatic carbocycles. The summed E-state index contributed by atoms with van der Waals surface area (Å²) in [5.74, 6) is 1.42. The van der Waals surface area contributed by atoms with Crippen molar-refractivity contribution in [2.45, 2.75) is 39.7 Å². The summed E-state index contributed by atoms with van der Waals surface area (Å²) < 4.78 is 6.83. The van der Waals surface area contributed by atoms with E-state index in [-0.39, 0.29) is 5.97 Å². The molecule has 88 valence electrons. The molecule has 1 fully saturated rings. The zero-order chi connectivity index (χ0) is 11.5. The average Bonchev–Trinajstić information content (AvgIpc) is 2.54. The van der Waals surface area contributed by atoms with Crippen molar-refractivity contribution in [1.82, 2.24) is 14.8 Å². The van der Waals surface area contributed by atoms with E-state index >= 15 is 0 Å². The fourth-order valence-corrected chi connectivity index (χ4v) is 1.88. The number of hydrogen-bond acceptors (Lipinski definition) is 4. The van der Waals surface area contributed by atoms with Gasteiger partial charge in [0.1, 0.15) is 5.82 Å². The van der Waals surface area contributed by atoms with Crippen molar-refractivity contribution in [2.24, 2.45) is 5.92 Å². The molecule has 1 aromatic rings. The van der Waals surface area contributed by atoms with Crippen molar-refractivity contribution in [1.29, 1.82) is 0 Å². The van der Waals surface area contributed by atoms with Crippen LogP contribution in [0, 0.1) is 12.8 Å². The quantitative estimate of drug-likeness (QED) is 0.727. The second-order valence-corrected chi connectivity index (χ2v) is 4.20. The van der Waals surface area contributed by atoms with E-state index in [9.17, 15) is 4.79 Å². The number of aromatic nitrogens is 3. The van der Waals surface area contributed by atoms with Crippen LogP contribution in [-0.2, 0) is 11.3 Å². The summed E-state index contributed by atoms with van der Waals surface area (Å²) in [4.78, 5) is 11.6. The van der Waals surface area contributed by atoms with E-state index in [4.69, 9.17) is 4.74 Å². The van der Waals surface area contributed by atoms with Crippen molar-refractivity contribution in [2.75, 3.05) is 6.61 Å². The van der Waals surface area contributed by atoms with Crippen LogP contribution in [0.2, 0.25) is 0 Å². The van der Waals surface area contributed by atoms with Crippen molar-refractivity contribution in [3.8, 4) is 0 Å². The third kappa shape index (κ3) is 2.08. The first-order valence-electron chi connectivity index (χ1n) is 5.79. The van der Waals surface area contributed by atoms with Crippen LogP contribution in [0.25, 0.3) is 0 Å². The smallest absolute Gasteiger partial charge is 0.376 e. The highest BCUT2D eigenvalue weighted by Gasteiger charge is 2.23. The lowest BCUT2D eigenvalue weighted by Gasteiger charge is -2.26. The third-order valence-corrected chi connectivity index (χ3v) is 3.06. The molecule has 0 N–H and O–H groups in total. The standard InChI is InChI=1S/C11H17N3O2/c1-3-16-11(15)10-13-12-8(2)14(10)7-9-5-4-6-9/h9H,3-7H2,1-2H3. The molecule has 0 saturated heterocycles. The summed E-state index contributed by atoms with van der Waals surface area (Å²) in [6, 6.07) is 0. The molecule has 1 aromatic heterocycles. The summed E-state index contributed by atoms with van der Waals surface area (Å²) in [5.41, 5.74) is 0. The highest BCUT2D eigenvalue weighted by Crippen LogP contribution is 2.28. The molecule has 0 aliphatic heterocycles. The Morgan fingerprint density at radius 3 is 2.81 bits per heavy atom. The van der Waals surface area contributed by atoms with Gasteiger partial charge in [-0.1, -0.05) is 6.42 Å². The maximum absolute atomic E-state index is 11.6. The minimum Gasteiger partial charge on any atom is -0.460 e. The summed E-state index contributed by atoms with van der Waals surface area (Å²) in [5, 5.41) is 7.83. The lowest BCUT2D eigenvalue weighted by molar-refractivity contribution is 0.0503. The fraction of sp³-hybridized carbons (Fsp3) is 0.727. The van der Waals surface area contributed by atoms with Gasteiger partial charge in [-0.25, -0.2) is 4.79 Å². The van der Waals surface area contributed by atoms with Gasteiger partial charge in [0, 0.05) is 6.54 Å². The minimum absolute atomic E-state index is 0.339. The summed E-state index contributed by atoms with van der Waals surface area (Å²) in [6.45, 7) is 4.87. The first kappa shape index (κ1) is 11.1. The maximum atomic E-state index is 11.6. The number of nitrogens with zero attached hydrogens (tertiary/aromatic N) is 3. The Kier molecular flexibility index (Phi) is 3.22. The van der Waals surface area contributed by atoms with Crippen molar-refractivity contribution < 1.29 is 9.53 Å². The molecule has 1 saturated carbocycles. The second-order valence-electron chi connectivity index (χ2n) is 4.20. The van der Waals surface area contributed by atoms with Gasteiger partial charge in [-0.05, 0) is 32.6 Å². The number of carbonyl (C=O) groups excluding carboxylic acids is 1.